The molecule has 1 aliphatic rings. The van der Waals surface area contributed by atoms with E-state index >= 15 is 0 Å². The average Bonchev–Trinajstić information content (AvgIpc) is 3.27. The Kier molecular flexibility index (Phi) is 5.02. The summed E-state index contributed by atoms with van der Waals surface area (Å²) in [6, 6.07) is 4.16. The van der Waals surface area contributed by atoms with Gasteiger partial charge >= 0.3 is 0 Å². The Hall–Kier alpha value is -2.53. The van der Waals surface area contributed by atoms with Crippen molar-refractivity contribution in [3.8, 4) is 23.2 Å². The van der Waals surface area contributed by atoms with Crippen LogP contribution < -0.4 is 10.6 Å². The first-order valence-corrected chi connectivity index (χ1v) is 10.2. The summed E-state index contributed by atoms with van der Waals surface area (Å²) in [7, 11) is 0. The van der Waals surface area contributed by atoms with Crippen LogP contribution in [-0.2, 0) is 0 Å². The van der Waals surface area contributed by atoms with Crippen molar-refractivity contribution in [2.24, 2.45) is 0 Å². The van der Waals surface area contributed by atoms with Gasteiger partial charge in [0.2, 0.25) is 0 Å². The van der Waals surface area contributed by atoms with Gasteiger partial charge in [0, 0.05) is 35.4 Å². The zero-order valence-electron chi connectivity index (χ0n) is 16.2. The molecule has 3 N–H and O–H groups in total. The molecule has 1 atom stereocenters. The fraction of sp³-hybridized carbons (Fsp3) is 0.381. The zero-order valence-corrected chi connectivity index (χ0v) is 17.0. The number of nitrogens with zero attached hydrogens (tertiary/aromatic N) is 3. The number of hydrogen-bond donors (Lipinski definition) is 3. The number of anilines is 1. The first kappa shape index (κ1) is 18.8. The van der Waals surface area contributed by atoms with Crippen LogP contribution in [0.5, 0.6) is 0 Å². The second-order valence-electron chi connectivity index (χ2n) is 7.49. The summed E-state index contributed by atoms with van der Waals surface area (Å²) >= 11 is 1.64. The molecule has 0 saturated carbocycles. The normalized spacial score (nSPS) is 16.8. The molecule has 0 amide bonds. The van der Waals surface area contributed by atoms with Gasteiger partial charge in [-0.25, -0.2) is 9.97 Å². The number of pyridine rings is 1. The van der Waals surface area contributed by atoms with Gasteiger partial charge in [-0.05, 0) is 45.9 Å². The second kappa shape index (κ2) is 7.47. The van der Waals surface area contributed by atoms with Crippen molar-refractivity contribution in [1.82, 2.24) is 20.3 Å². The molecule has 144 valence electrons. The first-order chi connectivity index (χ1) is 13.4. The van der Waals surface area contributed by atoms with E-state index in [-0.39, 0.29) is 0 Å². The van der Waals surface area contributed by atoms with Crippen LogP contribution in [0.2, 0.25) is 0 Å². The maximum Gasteiger partial charge on any atom is 0.162 e. The van der Waals surface area contributed by atoms with Crippen LogP contribution in [-0.4, -0.2) is 44.8 Å². The minimum absolute atomic E-state index is 0.344. The smallest absolute Gasteiger partial charge is 0.162 e. The third kappa shape index (κ3) is 3.99. The standard InChI is InChI=1S/C21H23N5OS/c1-13-16(4-8-21(2,3)27)17-18(28-13)20(24-15-7-11-23-12-15)26-19(25-17)14-5-9-22-10-6-14/h5-6,9-10,15,23,27H,7,11-12H2,1-3H3,(H,24,25,26)/t15-/m1/s1. The van der Waals surface area contributed by atoms with Gasteiger partial charge in [-0.3, -0.25) is 4.98 Å². The summed E-state index contributed by atoms with van der Waals surface area (Å²) < 4.78 is 1.00. The van der Waals surface area contributed by atoms with Gasteiger partial charge < -0.3 is 15.7 Å². The predicted octanol–water partition coefficient (Wildman–Crippen LogP) is 2.96. The highest BCUT2D eigenvalue weighted by atomic mass is 32.1. The third-order valence-electron chi connectivity index (χ3n) is 4.54. The second-order valence-corrected chi connectivity index (χ2v) is 8.71. The Morgan fingerprint density at radius 1 is 1.29 bits per heavy atom. The van der Waals surface area contributed by atoms with E-state index in [2.05, 4.69) is 27.5 Å². The Morgan fingerprint density at radius 2 is 2.07 bits per heavy atom. The average molecular weight is 394 g/mol. The van der Waals surface area contributed by atoms with Gasteiger partial charge in [0.15, 0.2) is 5.82 Å². The molecular weight excluding hydrogens is 370 g/mol. The van der Waals surface area contributed by atoms with Gasteiger partial charge in [0.05, 0.1) is 10.3 Å². The molecule has 1 saturated heterocycles. The van der Waals surface area contributed by atoms with Crippen LogP contribution in [0, 0.1) is 18.8 Å². The Balaban J connectivity index is 1.89. The van der Waals surface area contributed by atoms with Crippen LogP contribution in [0.4, 0.5) is 5.82 Å². The number of thiophene rings is 1. The Morgan fingerprint density at radius 3 is 2.75 bits per heavy atom. The van der Waals surface area contributed by atoms with Gasteiger partial charge in [-0.15, -0.1) is 11.3 Å². The predicted molar refractivity (Wildman–Crippen MR) is 113 cm³/mol. The highest BCUT2D eigenvalue weighted by Crippen LogP contribution is 2.35. The van der Waals surface area contributed by atoms with E-state index in [1.54, 1.807) is 37.6 Å². The van der Waals surface area contributed by atoms with Crippen molar-refractivity contribution < 1.29 is 5.11 Å². The first-order valence-electron chi connectivity index (χ1n) is 9.35. The number of hydrogen-bond acceptors (Lipinski definition) is 7. The fourth-order valence-electron chi connectivity index (χ4n) is 3.15. The van der Waals surface area contributed by atoms with Crippen molar-refractivity contribution in [2.75, 3.05) is 18.4 Å². The minimum Gasteiger partial charge on any atom is -0.378 e. The number of aromatic nitrogens is 3. The summed E-state index contributed by atoms with van der Waals surface area (Å²) in [4.78, 5) is 14.8. The molecule has 0 unspecified atom stereocenters. The molecular formula is C21H23N5OS. The quantitative estimate of drug-likeness (QED) is 0.594. The molecule has 0 bridgehead atoms. The maximum absolute atomic E-state index is 10.0. The van der Waals surface area contributed by atoms with Crippen molar-refractivity contribution >= 4 is 27.4 Å². The van der Waals surface area contributed by atoms with E-state index in [0.29, 0.717) is 11.9 Å². The van der Waals surface area contributed by atoms with E-state index in [4.69, 9.17) is 9.97 Å². The van der Waals surface area contributed by atoms with Crippen LogP contribution in [0.25, 0.3) is 21.6 Å². The largest absolute Gasteiger partial charge is 0.378 e. The molecule has 7 heteroatoms. The van der Waals surface area contributed by atoms with Crippen molar-refractivity contribution in [3.63, 3.8) is 0 Å². The number of aryl methyl sites for hydroxylation is 1. The molecule has 0 aliphatic carbocycles. The molecule has 0 aromatic carbocycles. The van der Waals surface area contributed by atoms with Gasteiger partial charge in [0.1, 0.15) is 16.9 Å². The number of nitrogens with one attached hydrogen (secondary N) is 2. The molecule has 0 spiro atoms. The monoisotopic (exact) mass is 393 g/mol. The van der Waals surface area contributed by atoms with Gasteiger partial charge in [0.25, 0.3) is 0 Å². The summed E-state index contributed by atoms with van der Waals surface area (Å²) in [5.74, 6) is 7.55. The lowest BCUT2D eigenvalue weighted by Crippen LogP contribution is -2.22. The summed E-state index contributed by atoms with van der Waals surface area (Å²) in [5, 5.41) is 17.0. The van der Waals surface area contributed by atoms with Gasteiger partial charge in [-0.1, -0.05) is 11.8 Å². The SMILES string of the molecule is Cc1sc2c(N[C@@H]3CCNC3)nc(-c3ccncc3)nc2c1C#CC(C)(C)O. The third-order valence-corrected chi connectivity index (χ3v) is 5.64. The number of fused-ring (bicyclic) bond motifs is 1. The fourth-order valence-corrected chi connectivity index (χ4v) is 4.15. The Labute approximate surface area is 168 Å². The van der Waals surface area contributed by atoms with Gasteiger partial charge in [-0.2, -0.15) is 0 Å². The molecule has 0 radical (unpaired) electrons. The summed E-state index contributed by atoms with van der Waals surface area (Å²) in [6.45, 7) is 7.33. The van der Waals surface area contributed by atoms with Crippen LogP contribution in [0.1, 0.15) is 30.7 Å². The number of aliphatic hydroxyl groups is 1. The van der Waals surface area contributed by atoms with E-state index in [9.17, 15) is 5.11 Å². The Bertz CT molecular complexity index is 1050. The molecule has 4 rings (SSSR count). The van der Waals surface area contributed by atoms with Crippen molar-refractivity contribution in [2.45, 2.75) is 38.8 Å². The molecule has 3 aromatic heterocycles. The van der Waals surface area contributed by atoms with E-state index in [1.807, 2.05) is 19.1 Å². The van der Waals surface area contributed by atoms with E-state index < -0.39 is 5.60 Å². The van der Waals surface area contributed by atoms with E-state index in [0.717, 1.165) is 51.5 Å². The molecule has 6 nitrogen and oxygen atoms in total. The lowest BCUT2D eigenvalue weighted by atomic mass is 10.1. The van der Waals surface area contributed by atoms with Crippen LogP contribution in [0.3, 0.4) is 0 Å². The highest BCUT2D eigenvalue weighted by Gasteiger charge is 2.21. The number of rotatable bonds is 3. The minimum atomic E-state index is -1.06. The summed E-state index contributed by atoms with van der Waals surface area (Å²) in [6.07, 6.45) is 4.54. The van der Waals surface area contributed by atoms with Crippen LogP contribution in [0.15, 0.2) is 24.5 Å². The molecule has 1 fully saturated rings. The molecule has 3 aromatic rings. The van der Waals surface area contributed by atoms with E-state index in [1.165, 1.54) is 0 Å². The van der Waals surface area contributed by atoms with Crippen LogP contribution >= 0.6 is 11.3 Å². The lowest BCUT2D eigenvalue weighted by molar-refractivity contribution is 0.143. The maximum atomic E-state index is 10.0. The molecule has 28 heavy (non-hydrogen) atoms. The van der Waals surface area contributed by atoms with Crippen molar-refractivity contribution in [3.05, 3.63) is 35.0 Å². The topological polar surface area (TPSA) is 83.0 Å². The summed E-state index contributed by atoms with van der Waals surface area (Å²) in [5.41, 5.74) is 1.54. The molecule has 1 aliphatic heterocycles. The zero-order chi connectivity index (χ0) is 19.7. The molecule has 4 heterocycles. The van der Waals surface area contributed by atoms with Crippen molar-refractivity contribution in [1.29, 1.82) is 0 Å². The highest BCUT2D eigenvalue weighted by molar-refractivity contribution is 7.19. The lowest BCUT2D eigenvalue weighted by Gasteiger charge is -2.14.